The molecule has 0 radical (unpaired) electrons. The number of methoxy groups -OCH3 is 2. The molecule has 3 saturated carbocycles. The van der Waals surface area contributed by atoms with Crippen LogP contribution in [0, 0.1) is 33.5 Å². The summed E-state index contributed by atoms with van der Waals surface area (Å²) in [6.07, 6.45) is 9.19. The van der Waals surface area contributed by atoms with Gasteiger partial charge in [-0.25, -0.2) is 9.59 Å². The maximum absolute atomic E-state index is 13.5. The molecular weight excluding hydrogens is 488 g/mol. The van der Waals surface area contributed by atoms with Crippen molar-refractivity contribution in [1.29, 1.82) is 0 Å². The van der Waals surface area contributed by atoms with Gasteiger partial charge in [0.05, 0.1) is 38.1 Å². The number of hydrogen-bond donors (Lipinski definition) is 0. The van der Waals surface area contributed by atoms with E-state index in [0.717, 1.165) is 18.4 Å². The number of esters is 2. The van der Waals surface area contributed by atoms with Crippen molar-refractivity contribution in [3.8, 4) is 0 Å². The van der Waals surface area contributed by atoms with Gasteiger partial charge < -0.3 is 14.2 Å². The van der Waals surface area contributed by atoms with Crippen molar-refractivity contribution >= 4 is 11.9 Å². The molecule has 4 aliphatic carbocycles. The summed E-state index contributed by atoms with van der Waals surface area (Å²) < 4.78 is 17.4. The molecule has 1 unspecified atom stereocenters. The molecule has 6 atom stereocenters. The van der Waals surface area contributed by atoms with Crippen LogP contribution < -0.4 is 0 Å². The van der Waals surface area contributed by atoms with Gasteiger partial charge in [-0.2, -0.15) is 0 Å². The summed E-state index contributed by atoms with van der Waals surface area (Å²) in [6.45, 7) is 12.5. The van der Waals surface area contributed by atoms with Gasteiger partial charge in [0.25, 0.3) is 0 Å². The molecular formula is C34H46O5. The van der Waals surface area contributed by atoms with Gasteiger partial charge in [-0.15, -0.1) is 0 Å². The van der Waals surface area contributed by atoms with Crippen molar-refractivity contribution in [3.05, 3.63) is 58.7 Å². The van der Waals surface area contributed by atoms with Crippen LogP contribution >= 0.6 is 0 Å². The number of rotatable bonds is 5. The molecule has 0 bridgehead atoms. The normalized spacial score (nSPS) is 37.1. The van der Waals surface area contributed by atoms with E-state index in [2.05, 4.69) is 52.8 Å². The van der Waals surface area contributed by atoms with Crippen LogP contribution in [0.25, 0.3) is 0 Å². The Morgan fingerprint density at radius 2 is 1.59 bits per heavy atom. The maximum Gasteiger partial charge on any atom is 0.335 e. The molecule has 5 rings (SSSR count). The number of allylic oxidation sites excluding steroid dienone is 1. The molecule has 0 N–H and O–H groups in total. The second kappa shape index (κ2) is 9.90. The lowest BCUT2D eigenvalue weighted by Gasteiger charge is -2.68. The Bertz CT molecular complexity index is 1200. The minimum Gasteiger partial charge on any atom is -0.466 e. The van der Waals surface area contributed by atoms with Crippen LogP contribution in [0.2, 0.25) is 0 Å². The summed E-state index contributed by atoms with van der Waals surface area (Å²) >= 11 is 0. The monoisotopic (exact) mass is 534 g/mol. The van der Waals surface area contributed by atoms with Crippen LogP contribution in [0.15, 0.2) is 53.1 Å². The number of fused-ring (bicyclic) bond motifs is 5. The maximum atomic E-state index is 13.5. The van der Waals surface area contributed by atoms with Crippen LogP contribution in [0.4, 0.5) is 0 Å². The predicted molar refractivity (Wildman–Crippen MR) is 152 cm³/mol. The highest BCUT2D eigenvalue weighted by atomic mass is 16.5. The fourth-order valence-corrected chi connectivity index (χ4v) is 9.83. The Labute approximate surface area is 234 Å². The Hall–Kier alpha value is -2.40. The van der Waals surface area contributed by atoms with E-state index >= 15 is 0 Å². The summed E-state index contributed by atoms with van der Waals surface area (Å²) in [5.74, 6) is 0.145. The Balaban J connectivity index is 1.66. The van der Waals surface area contributed by atoms with E-state index in [9.17, 15) is 9.59 Å². The van der Waals surface area contributed by atoms with Gasteiger partial charge in [-0.05, 0) is 79.1 Å². The van der Waals surface area contributed by atoms with Crippen LogP contribution in [-0.4, -0.2) is 32.3 Å². The fraction of sp³-hybridized carbons (Fsp3) is 0.647. The third-order valence-electron chi connectivity index (χ3n) is 11.5. The molecule has 4 aliphatic rings. The molecule has 1 aromatic carbocycles. The highest BCUT2D eigenvalue weighted by Gasteiger charge is 2.66. The van der Waals surface area contributed by atoms with Gasteiger partial charge in [0, 0.05) is 5.41 Å². The van der Waals surface area contributed by atoms with Gasteiger partial charge in [-0.1, -0.05) is 76.1 Å². The first-order valence-corrected chi connectivity index (χ1v) is 14.7. The summed E-state index contributed by atoms with van der Waals surface area (Å²) in [4.78, 5) is 26.6. The lowest BCUT2D eigenvalue weighted by atomic mass is 9.37. The van der Waals surface area contributed by atoms with Crippen molar-refractivity contribution in [1.82, 2.24) is 0 Å². The zero-order chi connectivity index (χ0) is 28.2. The van der Waals surface area contributed by atoms with E-state index < -0.39 is 17.4 Å². The molecule has 0 spiro atoms. The molecule has 5 heteroatoms. The largest absolute Gasteiger partial charge is 0.466 e. The number of hydrogen-bond acceptors (Lipinski definition) is 5. The third-order valence-corrected chi connectivity index (χ3v) is 11.5. The lowest BCUT2D eigenvalue weighted by Crippen LogP contribution is -2.63. The zero-order valence-electron chi connectivity index (χ0n) is 24.9. The second-order valence-corrected chi connectivity index (χ2v) is 13.8. The van der Waals surface area contributed by atoms with E-state index in [-0.39, 0.29) is 16.9 Å². The first kappa shape index (κ1) is 28.1. The van der Waals surface area contributed by atoms with Crippen LogP contribution in [0.1, 0.15) is 85.1 Å². The summed E-state index contributed by atoms with van der Waals surface area (Å²) in [5, 5.41) is 0. The molecule has 0 aromatic heterocycles. The van der Waals surface area contributed by atoms with Crippen molar-refractivity contribution in [2.24, 2.45) is 33.5 Å². The topological polar surface area (TPSA) is 61.8 Å². The fourth-order valence-electron chi connectivity index (χ4n) is 9.83. The standard InChI is InChI=1S/C34H46O5/c1-31(2)17-11-18-32(3)24(31)16-19-33(4)25-15-14-23(29(35)37-6)28(30(36)38-7)34(25,5)27(20-26(32)33)39-21-22-12-9-8-10-13-22/h8-10,12-13,15,24,26-27H,11,14,16-21H2,1-7H3/t24?,26-,27-,32+,33+,34-/m1/s1. The minimum absolute atomic E-state index is 0.0963. The molecule has 39 heavy (non-hydrogen) atoms. The zero-order valence-corrected chi connectivity index (χ0v) is 24.9. The molecule has 1 aromatic rings. The van der Waals surface area contributed by atoms with Crippen molar-refractivity contribution < 1.29 is 23.8 Å². The van der Waals surface area contributed by atoms with Crippen LogP contribution in [0.5, 0.6) is 0 Å². The number of benzene rings is 1. The molecule has 5 nitrogen and oxygen atoms in total. The SMILES string of the molecule is COC(=O)C1=C(C(=O)OC)[C@]2(C)C(=CC1)[C@]1(C)CCC3C(C)(C)CCC[C@]3(C)[C@H]1C[C@H]2OCc1ccccc1. The van der Waals surface area contributed by atoms with E-state index in [0.29, 0.717) is 41.4 Å². The molecule has 0 aliphatic heterocycles. The van der Waals surface area contributed by atoms with Crippen LogP contribution in [-0.2, 0) is 30.4 Å². The van der Waals surface area contributed by atoms with Gasteiger partial charge in [0.2, 0.25) is 0 Å². The quantitative estimate of drug-likeness (QED) is 0.295. The van der Waals surface area contributed by atoms with Gasteiger partial charge in [-0.3, -0.25) is 0 Å². The summed E-state index contributed by atoms with van der Waals surface area (Å²) in [7, 11) is 2.77. The van der Waals surface area contributed by atoms with Gasteiger partial charge in [0.15, 0.2) is 0 Å². The van der Waals surface area contributed by atoms with Gasteiger partial charge >= 0.3 is 11.9 Å². The minimum atomic E-state index is -0.789. The Morgan fingerprint density at radius 3 is 2.26 bits per heavy atom. The first-order valence-electron chi connectivity index (χ1n) is 14.7. The van der Waals surface area contributed by atoms with E-state index in [4.69, 9.17) is 14.2 Å². The Kier molecular flexibility index (Phi) is 7.15. The number of carbonyl (C=O) groups is 2. The molecule has 0 saturated heterocycles. The van der Waals surface area contributed by atoms with E-state index in [1.54, 1.807) is 0 Å². The second-order valence-electron chi connectivity index (χ2n) is 13.8. The highest BCUT2D eigenvalue weighted by molar-refractivity contribution is 6.02. The van der Waals surface area contributed by atoms with E-state index in [1.165, 1.54) is 45.5 Å². The van der Waals surface area contributed by atoms with Crippen LogP contribution in [0.3, 0.4) is 0 Å². The average molecular weight is 535 g/mol. The smallest absolute Gasteiger partial charge is 0.335 e. The predicted octanol–water partition coefficient (Wildman–Crippen LogP) is 7.20. The van der Waals surface area contributed by atoms with Gasteiger partial charge in [0.1, 0.15) is 0 Å². The molecule has 0 heterocycles. The molecule has 3 fully saturated rings. The Morgan fingerprint density at radius 1 is 0.897 bits per heavy atom. The molecule has 212 valence electrons. The lowest BCUT2D eigenvalue weighted by molar-refractivity contribution is -0.172. The third kappa shape index (κ3) is 4.22. The van der Waals surface area contributed by atoms with Crippen molar-refractivity contribution in [2.75, 3.05) is 14.2 Å². The average Bonchev–Trinajstić information content (AvgIpc) is 2.90. The first-order chi connectivity index (χ1) is 18.4. The summed E-state index contributed by atoms with van der Waals surface area (Å²) in [6, 6.07) is 10.2. The summed E-state index contributed by atoms with van der Waals surface area (Å²) in [5.41, 5.74) is 2.77. The number of ether oxygens (including phenoxy) is 3. The van der Waals surface area contributed by atoms with Crippen molar-refractivity contribution in [2.45, 2.75) is 92.3 Å². The highest BCUT2D eigenvalue weighted by Crippen LogP contribution is 2.72. The number of carbonyl (C=O) groups excluding carboxylic acids is 2. The van der Waals surface area contributed by atoms with E-state index in [1.807, 2.05) is 18.2 Å². The van der Waals surface area contributed by atoms with Crippen molar-refractivity contribution in [3.63, 3.8) is 0 Å². The molecule has 0 amide bonds.